The van der Waals surface area contributed by atoms with Crippen molar-refractivity contribution in [1.82, 2.24) is 0 Å². The minimum atomic E-state index is -0.722. The van der Waals surface area contributed by atoms with Gasteiger partial charge in [-0.2, -0.15) is 0 Å². The van der Waals surface area contributed by atoms with Gasteiger partial charge in [0.15, 0.2) is 0 Å². The zero-order chi connectivity index (χ0) is 21.5. The van der Waals surface area contributed by atoms with Crippen molar-refractivity contribution < 1.29 is 26.8 Å². The molecule has 1 unspecified atom stereocenters. The number of hydrogen-bond acceptors (Lipinski definition) is 1. The van der Waals surface area contributed by atoms with Gasteiger partial charge in [-0.25, -0.2) is 0 Å². The Labute approximate surface area is 211 Å². The molecule has 3 nitrogen and oxygen atoms in total. The molecule has 0 radical (unpaired) electrons. The molecule has 0 saturated carbocycles. The summed E-state index contributed by atoms with van der Waals surface area (Å²) in [4.78, 5) is 10.3. The number of benzene rings is 1. The molecule has 1 rings (SSSR count). The second-order valence-electron chi connectivity index (χ2n) is 7.87. The minimum absolute atomic E-state index is 0. The molecular weight excluding hydrogens is 418 g/mol. The zero-order valence-corrected chi connectivity index (χ0v) is 20.6. The van der Waals surface area contributed by atoms with Crippen LogP contribution in [0, 0.1) is 5.41 Å². The highest BCUT2D eigenvalue weighted by Gasteiger charge is 2.23. The van der Waals surface area contributed by atoms with Crippen molar-refractivity contribution in [3.05, 3.63) is 35.9 Å². The van der Waals surface area contributed by atoms with Crippen LogP contribution in [-0.4, -0.2) is 41.7 Å². The van der Waals surface area contributed by atoms with Crippen LogP contribution in [0.3, 0.4) is 0 Å². The molecular formula is C28H62ClNO2. The van der Waals surface area contributed by atoms with Crippen LogP contribution in [0.4, 0.5) is 0 Å². The van der Waals surface area contributed by atoms with E-state index < -0.39 is 11.4 Å². The van der Waals surface area contributed by atoms with Gasteiger partial charge in [0, 0.05) is 0 Å². The van der Waals surface area contributed by atoms with Crippen molar-refractivity contribution >= 4 is 5.97 Å². The zero-order valence-electron chi connectivity index (χ0n) is 19.9. The van der Waals surface area contributed by atoms with Crippen LogP contribution in [0.15, 0.2) is 30.3 Å². The van der Waals surface area contributed by atoms with Crippen LogP contribution < -0.4 is 12.4 Å². The van der Waals surface area contributed by atoms with Gasteiger partial charge in [0.05, 0.1) is 31.6 Å². The summed E-state index contributed by atoms with van der Waals surface area (Å²) in [5, 5.41) is 8.44. The normalized spacial score (nSPS) is 10.3. The lowest BCUT2D eigenvalue weighted by molar-refractivity contribution is -0.921. The number of nitrogens with zero attached hydrogens (tertiary/aromatic N) is 1. The smallest absolute Gasteiger partial charge is 0.309 e. The van der Waals surface area contributed by atoms with Crippen LogP contribution in [0.25, 0.3) is 0 Å². The molecule has 32 heavy (non-hydrogen) atoms. The van der Waals surface area contributed by atoms with Crippen LogP contribution >= 0.6 is 0 Å². The third kappa shape index (κ3) is 19.6. The summed E-state index contributed by atoms with van der Waals surface area (Å²) < 4.78 is 1.28. The van der Waals surface area contributed by atoms with Crippen molar-refractivity contribution in [2.75, 3.05) is 26.2 Å². The number of rotatable bonds is 8. The van der Waals surface area contributed by atoms with E-state index >= 15 is 0 Å². The fraction of sp³-hybridized carbons (Fsp3) is 0.750. The number of quaternary nitrogens is 1. The highest BCUT2D eigenvalue weighted by atomic mass is 35.5. The van der Waals surface area contributed by atoms with Gasteiger partial charge in [0.25, 0.3) is 0 Å². The number of carbonyl (C=O) groups is 1. The monoisotopic (exact) mass is 479 g/mol. The summed E-state index contributed by atoms with van der Waals surface area (Å²) in [7, 11) is 0. The van der Waals surface area contributed by atoms with Gasteiger partial charge in [-0.05, 0) is 65.9 Å². The lowest BCUT2D eigenvalue weighted by Gasteiger charge is -2.34. The number of carboxylic acid groups (broad SMARTS) is 1. The molecule has 1 N–H and O–H groups in total. The first-order valence-electron chi connectivity index (χ1n) is 10.7. The summed E-state index contributed by atoms with van der Waals surface area (Å²) in [6.07, 6.45) is 1.91. The Morgan fingerprint density at radius 2 is 1.19 bits per heavy atom. The summed E-state index contributed by atoms with van der Waals surface area (Å²) in [5.74, 6) is -0.0128. The molecule has 0 heterocycles. The second kappa shape index (κ2) is 26.2. The Hall–Kier alpha value is -1.06. The Morgan fingerprint density at radius 3 is 1.34 bits per heavy atom. The lowest BCUT2D eigenvalue weighted by atomic mass is 9.91. The van der Waals surface area contributed by atoms with Crippen LogP contribution in [0.5, 0.6) is 0 Å². The molecule has 1 atom stereocenters. The van der Waals surface area contributed by atoms with Gasteiger partial charge < -0.3 is 22.0 Å². The summed E-state index contributed by atoms with van der Waals surface area (Å²) in [5.41, 5.74) is 0.907. The number of aliphatic carboxylic acids is 1. The summed E-state index contributed by atoms with van der Waals surface area (Å²) >= 11 is 0. The topological polar surface area (TPSA) is 37.3 Å². The summed E-state index contributed by atoms with van der Waals surface area (Å²) in [6, 6.07) is 10.6. The van der Waals surface area contributed by atoms with Gasteiger partial charge >= 0.3 is 5.97 Å². The molecule has 0 saturated heterocycles. The maximum Gasteiger partial charge on any atom is 0.309 e. The molecule has 0 spiro atoms. The predicted octanol–water partition coefficient (Wildman–Crippen LogP) is 6.14. The van der Waals surface area contributed by atoms with E-state index in [-0.39, 0.29) is 42.1 Å². The van der Waals surface area contributed by atoms with Crippen molar-refractivity contribution in [3.8, 4) is 0 Å². The Kier molecular flexibility index (Phi) is 39.6. The first kappa shape index (κ1) is 48.4. The number of carboxylic acids is 1. The van der Waals surface area contributed by atoms with Crippen LogP contribution in [0.1, 0.15) is 116 Å². The predicted molar refractivity (Wildman–Crippen MR) is 146 cm³/mol. The van der Waals surface area contributed by atoms with Crippen molar-refractivity contribution in [1.29, 1.82) is 0 Å². The maximum absolute atomic E-state index is 10.3. The minimum Gasteiger partial charge on any atom is -1.00 e. The fourth-order valence-electron chi connectivity index (χ4n) is 2.51. The lowest BCUT2D eigenvalue weighted by Crippen LogP contribution is -3.00. The van der Waals surface area contributed by atoms with Crippen LogP contribution in [-0.2, 0) is 4.79 Å². The molecule has 198 valence electrons. The van der Waals surface area contributed by atoms with Crippen molar-refractivity contribution in [2.45, 2.75) is 111 Å². The van der Waals surface area contributed by atoms with E-state index in [1.807, 2.05) is 6.92 Å². The highest BCUT2D eigenvalue weighted by Crippen LogP contribution is 2.18. The van der Waals surface area contributed by atoms with Gasteiger partial charge in [-0.1, -0.05) is 80.8 Å². The van der Waals surface area contributed by atoms with Crippen molar-refractivity contribution in [3.63, 3.8) is 0 Å². The third-order valence-electron chi connectivity index (χ3n) is 6.13. The Balaban J connectivity index is -0.0000000547. The SMILES string of the molecule is C.C.C.C.CCC(C)(C)C(=O)O.CCC(C)c1ccccc1.CC[N+](CC)(CC)CC.[Cl-]. The Morgan fingerprint density at radius 1 is 0.844 bits per heavy atom. The average Bonchev–Trinajstić information content (AvgIpc) is 2.71. The second-order valence-corrected chi connectivity index (χ2v) is 7.87. The third-order valence-corrected chi connectivity index (χ3v) is 6.13. The van der Waals surface area contributed by atoms with Gasteiger partial charge in [0.1, 0.15) is 0 Å². The molecule has 0 amide bonds. The average molecular weight is 480 g/mol. The van der Waals surface area contributed by atoms with Crippen LogP contribution in [0.2, 0.25) is 0 Å². The van der Waals surface area contributed by atoms with E-state index in [9.17, 15) is 4.79 Å². The van der Waals surface area contributed by atoms with Crippen molar-refractivity contribution in [2.24, 2.45) is 5.41 Å². The number of hydrogen-bond donors (Lipinski definition) is 1. The molecule has 0 bridgehead atoms. The van der Waals surface area contributed by atoms with E-state index in [0.717, 1.165) is 0 Å². The largest absolute Gasteiger partial charge is 1.00 e. The molecule has 0 aromatic heterocycles. The first-order valence-corrected chi connectivity index (χ1v) is 10.7. The molecule has 1 aromatic carbocycles. The van der Waals surface area contributed by atoms with Gasteiger partial charge in [-0.3, -0.25) is 4.79 Å². The van der Waals surface area contributed by atoms with E-state index in [2.05, 4.69) is 71.9 Å². The fourth-order valence-corrected chi connectivity index (χ4v) is 2.51. The molecule has 0 aliphatic heterocycles. The molecule has 1 aromatic rings. The Bertz CT molecular complexity index is 468. The van der Waals surface area contributed by atoms with E-state index in [4.69, 9.17) is 5.11 Å². The number of halogens is 1. The highest BCUT2D eigenvalue weighted by molar-refractivity contribution is 5.73. The van der Waals surface area contributed by atoms with E-state index in [0.29, 0.717) is 12.3 Å². The molecule has 0 aliphatic rings. The van der Waals surface area contributed by atoms with E-state index in [1.165, 1.54) is 42.6 Å². The molecule has 4 heteroatoms. The standard InChI is InChI=1S/C10H14.C8H20N.C6H12O2.4CH4.ClH/c1-3-9(2)10-7-5-4-6-8-10;1-5-9(6-2,7-3)8-4;1-4-6(2,3)5(7)8;;;;;/h4-9H,3H2,1-2H3;5-8H2,1-4H3;4H2,1-3H3,(H,7,8);4*1H4;1H/q;+1;;;;;;/p-1. The molecule has 0 aliphatic carbocycles. The quantitative estimate of drug-likeness (QED) is 0.454. The molecule has 0 fully saturated rings. The van der Waals surface area contributed by atoms with E-state index in [1.54, 1.807) is 13.8 Å². The summed E-state index contributed by atoms with van der Waals surface area (Å²) in [6.45, 7) is 24.0. The maximum atomic E-state index is 10.3. The van der Waals surface area contributed by atoms with Gasteiger partial charge in [0.2, 0.25) is 0 Å². The first-order chi connectivity index (χ1) is 12.6. The van der Waals surface area contributed by atoms with Gasteiger partial charge in [-0.15, -0.1) is 0 Å².